The van der Waals surface area contributed by atoms with Crippen LogP contribution in [0.15, 0.2) is 18.2 Å². The summed E-state index contributed by atoms with van der Waals surface area (Å²) in [6.45, 7) is 4.23. The molecule has 3 heteroatoms. The molecule has 0 aliphatic heterocycles. The first-order valence-electron chi connectivity index (χ1n) is 7.76. The molecule has 1 saturated carbocycles. The maximum atomic E-state index is 6.33. The first kappa shape index (κ1) is 15.2. The minimum absolute atomic E-state index is 0.0928. The molecule has 0 radical (unpaired) electrons. The monoisotopic (exact) mass is 277 g/mol. The van der Waals surface area contributed by atoms with Crippen molar-refractivity contribution >= 4 is 0 Å². The van der Waals surface area contributed by atoms with Gasteiger partial charge >= 0.3 is 0 Å². The van der Waals surface area contributed by atoms with Crippen molar-refractivity contribution in [2.45, 2.75) is 58.1 Å². The Morgan fingerprint density at radius 2 is 1.95 bits per heavy atom. The minimum atomic E-state index is -0.0928. The van der Waals surface area contributed by atoms with Crippen molar-refractivity contribution in [1.29, 1.82) is 0 Å². The van der Waals surface area contributed by atoms with E-state index in [1.54, 1.807) is 7.11 Å². The van der Waals surface area contributed by atoms with Crippen LogP contribution in [0.2, 0.25) is 0 Å². The average Bonchev–Trinajstić information content (AvgIpc) is 2.47. The van der Waals surface area contributed by atoms with Gasteiger partial charge in [-0.15, -0.1) is 0 Å². The molecule has 2 N–H and O–H groups in total. The van der Waals surface area contributed by atoms with Gasteiger partial charge in [0.05, 0.1) is 12.7 Å². The van der Waals surface area contributed by atoms with Gasteiger partial charge in [0.25, 0.3) is 0 Å². The summed E-state index contributed by atoms with van der Waals surface area (Å²) in [5.41, 5.74) is 7.09. The predicted molar refractivity (Wildman–Crippen MR) is 82.3 cm³/mol. The Bertz CT molecular complexity index is 431. The molecule has 0 aromatic heterocycles. The van der Waals surface area contributed by atoms with Crippen LogP contribution in [-0.2, 0) is 0 Å². The molecule has 1 aromatic carbocycles. The van der Waals surface area contributed by atoms with Crippen LogP contribution >= 0.6 is 0 Å². The Kier molecular flexibility index (Phi) is 5.30. The van der Waals surface area contributed by atoms with Crippen molar-refractivity contribution in [3.8, 4) is 11.5 Å². The van der Waals surface area contributed by atoms with Gasteiger partial charge in [-0.1, -0.05) is 19.4 Å². The van der Waals surface area contributed by atoms with E-state index in [1.807, 2.05) is 25.1 Å². The number of ether oxygens (including phenoxy) is 2. The van der Waals surface area contributed by atoms with Gasteiger partial charge in [0, 0.05) is 6.04 Å². The standard InChI is InChI=1S/C17H27NO2/c1-4-13-8-5-6-9-14(13)20-16-11-7-10-15(19-3)17(16)12(2)18/h7,10-14H,4-6,8-9,18H2,1-3H3/t12-,13?,14?/m1/s1. The topological polar surface area (TPSA) is 44.5 Å². The van der Waals surface area contributed by atoms with Gasteiger partial charge in [0.1, 0.15) is 17.6 Å². The van der Waals surface area contributed by atoms with Gasteiger partial charge in [0.15, 0.2) is 0 Å². The van der Waals surface area contributed by atoms with Crippen molar-refractivity contribution in [3.63, 3.8) is 0 Å². The molecular weight excluding hydrogens is 250 g/mol. The third kappa shape index (κ3) is 3.26. The lowest BCUT2D eigenvalue weighted by molar-refractivity contribution is 0.0888. The van der Waals surface area contributed by atoms with E-state index in [0.717, 1.165) is 23.5 Å². The van der Waals surface area contributed by atoms with E-state index in [9.17, 15) is 0 Å². The van der Waals surface area contributed by atoms with Crippen molar-refractivity contribution in [2.24, 2.45) is 11.7 Å². The maximum absolute atomic E-state index is 6.33. The Morgan fingerprint density at radius 3 is 2.60 bits per heavy atom. The number of hydrogen-bond donors (Lipinski definition) is 1. The minimum Gasteiger partial charge on any atom is -0.496 e. The van der Waals surface area contributed by atoms with E-state index in [1.165, 1.54) is 25.7 Å². The summed E-state index contributed by atoms with van der Waals surface area (Å²) in [5.74, 6) is 2.38. The van der Waals surface area contributed by atoms with E-state index in [0.29, 0.717) is 12.0 Å². The van der Waals surface area contributed by atoms with Crippen LogP contribution in [0.5, 0.6) is 11.5 Å². The largest absolute Gasteiger partial charge is 0.496 e. The van der Waals surface area contributed by atoms with Gasteiger partial charge in [-0.2, -0.15) is 0 Å². The fourth-order valence-electron chi connectivity index (χ4n) is 3.21. The molecular formula is C17H27NO2. The molecule has 20 heavy (non-hydrogen) atoms. The molecule has 1 aromatic rings. The van der Waals surface area contributed by atoms with Gasteiger partial charge in [-0.05, 0) is 50.7 Å². The summed E-state index contributed by atoms with van der Waals surface area (Å²) in [7, 11) is 1.68. The van der Waals surface area contributed by atoms with Crippen LogP contribution in [0.3, 0.4) is 0 Å². The Balaban J connectivity index is 2.23. The van der Waals surface area contributed by atoms with E-state index in [2.05, 4.69) is 6.92 Å². The van der Waals surface area contributed by atoms with Crippen molar-refractivity contribution in [2.75, 3.05) is 7.11 Å². The second-order valence-corrected chi connectivity index (χ2v) is 5.77. The van der Waals surface area contributed by atoms with Gasteiger partial charge in [-0.3, -0.25) is 0 Å². The average molecular weight is 277 g/mol. The van der Waals surface area contributed by atoms with Gasteiger partial charge in [0.2, 0.25) is 0 Å². The fraction of sp³-hybridized carbons (Fsp3) is 0.647. The summed E-state index contributed by atoms with van der Waals surface area (Å²) < 4.78 is 11.8. The number of benzene rings is 1. The molecule has 0 heterocycles. The summed E-state index contributed by atoms with van der Waals surface area (Å²) in [5, 5.41) is 0. The van der Waals surface area contributed by atoms with Crippen molar-refractivity contribution in [3.05, 3.63) is 23.8 Å². The normalized spacial score (nSPS) is 24.2. The van der Waals surface area contributed by atoms with Crippen molar-refractivity contribution in [1.82, 2.24) is 0 Å². The van der Waals surface area contributed by atoms with Crippen LogP contribution in [0, 0.1) is 5.92 Å². The smallest absolute Gasteiger partial charge is 0.128 e. The van der Waals surface area contributed by atoms with Crippen LogP contribution in [0.25, 0.3) is 0 Å². The molecule has 3 atom stereocenters. The number of nitrogens with two attached hydrogens (primary N) is 1. The molecule has 3 nitrogen and oxygen atoms in total. The van der Waals surface area contributed by atoms with E-state index in [4.69, 9.17) is 15.2 Å². The second-order valence-electron chi connectivity index (χ2n) is 5.77. The molecule has 1 aliphatic rings. The van der Waals surface area contributed by atoms with Gasteiger partial charge in [-0.25, -0.2) is 0 Å². The molecule has 0 bridgehead atoms. The number of methoxy groups -OCH3 is 1. The Morgan fingerprint density at radius 1 is 1.25 bits per heavy atom. The maximum Gasteiger partial charge on any atom is 0.128 e. The van der Waals surface area contributed by atoms with E-state index >= 15 is 0 Å². The van der Waals surface area contributed by atoms with Crippen LogP contribution in [0.1, 0.15) is 57.6 Å². The summed E-state index contributed by atoms with van der Waals surface area (Å²) in [4.78, 5) is 0. The van der Waals surface area contributed by atoms with Crippen LogP contribution in [-0.4, -0.2) is 13.2 Å². The summed E-state index contributed by atoms with van der Waals surface area (Å²) in [6, 6.07) is 5.85. The highest BCUT2D eigenvalue weighted by Crippen LogP contribution is 2.36. The van der Waals surface area contributed by atoms with Crippen LogP contribution < -0.4 is 15.2 Å². The van der Waals surface area contributed by atoms with Crippen molar-refractivity contribution < 1.29 is 9.47 Å². The molecule has 0 saturated heterocycles. The molecule has 1 aliphatic carbocycles. The highest BCUT2D eigenvalue weighted by Gasteiger charge is 2.26. The molecule has 112 valence electrons. The fourth-order valence-corrected chi connectivity index (χ4v) is 3.21. The Hall–Kier alpha value is -1.22. The van der Waals surface area contributed by atoms with Crippen LogP contribution in [0.4, 0.5) is 0 Å². The molecule has 2 unspecified atom stereocenters. The first-order valence-corrected chi connectivity index (χ1v) is 7.76. The summed E-state index contributed by atoms with van der Waals surface area (Å²) in [6.07, 6.45) is 6.52. The zero-order chi connectivity index (χ0) is 14.5. The SMILES string of the molecule is CCC1CCCCC1Oc1cccc(OC)c1[C@@H](C)N. The highest BCUT2D eigenvalue weighted by molar-refractivity contribution is 5.46. The second kappa shape index (κ2) is 6.98. The molecule has 1 fully saturated rings. The highest BCUT2D eigenvalue weighted by atomic mass is 16.5. The third-order valence-corrected chi connectivity index (χ3v) is 4.34. The third-order valence-electron chi connectivity index (χ3n) is 4.34. The first-order chi connectivity index (χ1) is 9.67. The number of hydrogen-bond acceptors (Lipinski definition) is 3. The summed E-state index contributed by atoms with van der Waals surface area (Å²) >= 11 is 0. The molecule has 0 amide bonds. The quantitative estimate of drug-likeness (QED) is 0.882. The zero-order valence-corrected chi connectivity index (χ0v) is 12.9. The predicted octanol–water partition coefficient (Wildman–Crippen LogP) is 4.06. The lowest BCUT2D eigenvalue weighted by Crippen LogP contribution is -2.30. The van der Waals surface area contributed by atoms with E-state index < -0.39 is 0 Å². The number of rotatable bonds is 5. The van der Waals surface area contributed by atoms with E-state index in [-0.39, 0.29) is 6.04 Å². The van der Waals surface area contributed by atoms with Gasteiger partial charge < -0.3 is 15.2 Å². The Labute approximate surface area is 122 Å². The molecule has 2 rings (SSSR count). The lowest BCUT2D eigenvalue weighted by atomic mass is 9.84. The zero-order valence-electron chi connectivity index (χ0n) is 12.9. The molecule has 0 spiro atoms. The lowest BCUT2D eigenvalue weighted by Gasteiger charge is -2.32.